The van der Waals surface area contributed by atoms with Gasteiger partial charge < -0.3 is 0 Å². The maximum Gasteiger partial charge on any atom is 0.0553 e. The molecule has 0 nitrogen and oxygen atoms in total. The van der Waals surface area contributed by atoms with Gasteiger partial charge in [0.05, 0.1) is 10.3 Å². The minimum Gasteiger partial charge on any atom is -0.121 e. The lowest BCUT2D eigenvalue weighted by Gasteiger charge is -2.21. The third-order valence-corrected chi connectivity index (χ3v) is 2.69. The van der Waals surface area contributed by atoms with E-state index in [0.29, 0.717) is 0 Å². The lowest BCUT2D eigenvalue weighted by molar-refractivity contribution is 0.573. The van der Waals surface area contributed by atoms with Crippen LogP contribution in [0.25, 0.3) is 0 Å². The molecule has 0 saturated heterocycles. The smallest absolute Gasteiger partial charge is 0.0553 e. The van der Waals surface area contributed by atoms with Gasteiger partial charge in [-0.1, -0.05) is 19.8 Å². The van der Waals surface area contributed by atoms with Crippen LogP contribution in [0.1, 0.15) is 40.0 Å². The van der Waals surface area contributed by atoms with Crippen molar-refractivity contribution in [1.29, 1.82) is 0 Å². The highest BCUT2D eigenvalue weighted by atomic mass is 35.5. The van der Waals surface area contributed by atoms with Gasteiger partial charge in [-0.3, -0.25) is 0 Å². The summed E-state index contributed by atoms with van der Waals surface area (Å²) < 4.78 is 0. The molecule has 0 aliphatic rings. The zero-order valence-electron chi connectivity index (χ0n) is 6.95. The summed E-state index contributed by atoms with van der Waals surface area (Å²) >= 11 is 12.0. The van der Waals surface area contributed by atoms with E-state index < -0.39 is 0 Å². The van der Waals surface area contributed by atoms with Gasteiger partial charge in [0, 0.05) is 0 Å². The second kappa shape index (κ2) is 4.46. The Morgan fingerprint density at radius 1 is 1.40 bits per heavy atom. The van der Waals surface area contributed by atoms with Crippen molar-refractivity contribution in [3.63, 3.8) is 0 Å². The van der Waals surface area contributed by atoms with Crippen LogP contribution in [-0.2, 0) is 0 Å². The molecule has 0 aromatic rings. The summed E-state index contributed by atoms with van der Waals surface area (Å²) in [6.07, 6.45) is 3.38. The maximum absolute atomic E-state index is 6.00. The Morgan fingerprint density at radius 2 is 1.90 bits per heavy atom. The molecule has 0 aromatic carbocycles. The second-order valence-electron chi connectivity index (χ2n) is 3.17. The summed E-state index contributed by atoms with van der Waals surface area (Å²) in [5.41, 5.74) is 0. The van der Waals surface area contributed by atoms with Gasteiger partial charge >= 0.3 is 0 Å². The predicted octanol–water partition coefficient (Wildman–Crippen LogP) is 3.80. The number of alkyl halides is 2. The van der Waals surface area contributed by atoms with Crippen LogP contribution in [-0.4, -0.2) is 10.3 Å². The first-order valence-corrected chi connectivity index (χ1v) is 4.63. The molecule has 0 amide bonds. The van der Waals surface area contributed by atoms with Crippen molar-refractivity contribution in [2.45, 2.75) is 50.3 Å². The highest BCUT2D eigenvalue weighted by Crippen LogP contribution is 2.26. The van der Waals surface area contributed by atoms with Crippen molar-refractivity contribution in [1.82, 2.24) is 0 Å². The predicted molar refractivity (Wildman–Crippen MR) is 49.1 cm³/mol. The van der Waals surface area contributed by atoms with Gasteiger partial charge in [0.25, 0.3) is 0 Å². The van der Waals surface area contributed by atoms with Crippen LogP contribution in [0.2, 0.25) is 0 Å². The van der Waals surface area contributed by atoms with Gasteiger partial charge in [-0.2, -0.15) is 0 Å². The molecule has 0 spiro atoms. The SMILES string of the molecule is CCCCC(Cl)C(C)(C)Cl. The van der Waals surface area contributed by atoms with Gasteiger partial charge in [0.2, 0.25) is 0 Å². The molecule has 10 heavy (non-hydrogen) atoms. The van der Waals surface area contributed by atoms with E-state index in [-0.39, 0.29) is 10.3 Å². The van der Waals surface area contributed by atoms with E-state index in [1.54, 1.807) is 0 Å². The summed E-state index contributed by atoms with van der Waals surface area (Å²) in [6, 6.07) is 0. The highest BCUT2D eigenvalue weighted by molar-refractivity contribution is 6.32. The molecule has 0 heterocycles. The molecule has 0 radical (unpaired) electrons. The van der Waals surface area contributed by atoms with Crippen LogP contribution in [0, 0.1) is 0 Å². The quantitative estimate of drug-likeness (QED) is 0.581. The lowest BCUT2D eigenvalue weighted by Crippen LogP contribution is -2.24. The number of hydrogen-bond acceptors (Lipinski definition) is 0. The minimum absolute atomic E-state index is 0.106. The fourth-order valence-corrected chi connectivity index (χ4v) is 0.990. The van der Waals surface area contributed by atoms with Crippen molar-refractivity contribution in [2.75, 3.05) is 0 Å². The van der Waals surface area contributed by atoms with Crippen LogP contribution in [0.3, 0.4) is 0 Å². The lowest BCUT2D eigenvalue weighted by atomic mass is 10.0. The fraction of sp³-hybridized carbons (Fsp3) is 1.00. The first-order chi connectivity index (χ1) is 4.48. The summed E-state index contributed by atoms with van der Waals surface area (Å²) in [5, 5.41) is 0.106. The summed E-state index contributed by atoms with van der Waals surface area (Å²) in [5.74, 6) is 0. The van der Waals surface area contributed by atoms with Gasteiger partial charge in [0.1, 0.15) is 0 Å². The standard InChI is InChI=1S/C8H16Cl2/c1-4-5-6-7(9)8(2,3)10/h7H,4-6H2,1-3H3. The van der Waals surface area contributed by atoms with Gasteiger partial charge in [-0.25, -0.2) is 0 Å². The third kappa shape index (κ3) is 4.40. The molecular weight excluding hydrogens is 167 g/mol. The number of rotatable bonds is 4. The molecule has 0 aromatic heterocycles. The molecule has 2 heteroatoms. The van der Waals surface area contributed by atoms with Crippen molar-refractivity contribution < 1.29 is 0 Å². The molecule has 0 aliphatic carbocycles. The Balaban J connectivity index is 3.52. The molecule has 0 rings (SSSR count). The van der Waals surface area contributed by atoms with E-state index in [2.05, 4.69) is 6.92 Å². The molecule has 0 bridgehead atoms. The van der Waals surface area contributed by atoms with Crippen LogP contribution in [0.5, 0.6) is 0 Å². The maximum atomic E-state index is 6.00. The van der Waals surface area contributed by atoms with Gasteiger partial charge in [-0.15, -0.1) is 23.2 Å². The summed E-state index contributed by atoms with van der Waals surface area (Å²) in [7, 11) is 0. The van der Waals surface area contributed by atoms with Crippen molar-refractivity contribution in [2.24, 2.45) is 0 Å². The molecule has 62 valence electrons. The average molecular weight is 183 g/mol. The van der Waals surface area contributed by atoms with Crippen LogP contribution in [0.4, 0.5) is 0 Å². The Hall–Kier alpha value is 0.580. The van der Waals surface area contributed by atoms with Crippen molar-refractivity contribution in [3.05, 3.63) is 0 Å². The Labute approximate surface area is 73.9 Å². The molecule has 0 N–H and O–H groups in total. The first-order valence-electron chi connectivity index (χ1n) is 3.81. The summed E-state index contributed by atoms with van der Waals surface area (Å²) in [4.78, 5) is -0.253. The highest BCUT2D eigenvalue weighted by Gasteiger charge is 2.23. The summed E-state index contributed by atoms with van der Waals surface area (Å²) in [6.45, 7) is 6.08. The van der Waals surface area contributed by atoms with E-state index in [4.69, 9.17) is 23.2 Å². The van der Waals surface area contributed by atoms with E-state index in [0.717, 1.165) is 6.42 Å². The van der Waals surface area contributed by atoms with Gasteiger partial charge in [0.15, 0.2) is 0 Å². The number of unbranched alkanes of at least 4 members (excludes halogenated alkanes) is 1. The first kappa shape index (κ1) is 10.6. The van der Waals surface area contributed by atoms with Crippen LogP contribution >= 0.6 is 23.2 Å². The largest absolute Gasteiger partial charge is 0.121 e. The molecule has 0 saturated carbocycles. The normalized spacial score (nSPS) is 15.3. The third-order valence-electron chi connectivity index (χ3n) is 1.56. The van der Waals surface area contributed by atoms with Gasteiger partial charge in [-0.05, 0) is 20.3 Å². The molecule has 0 fully saturated rings. The Bertz CT molecular complexity index is 83.7. The average Bonchev–Trinajstić information content (AvgIpc) is 1.80. The Morgan fingerprint density at radius 3 is 2.20 bits per heavy atom. The second-order valence-corrected chi connectivity index (χ2v) is 4.68. The zero-order valence-corrected chi connectivity index (χ0v) is 8.47. The fourth-order valence-electron chi connectivity index (χ4n) is 0.727. The monoisotopic (exact) mass is 182 g/mol. The van der Waals surface area contributed by atoms with E-state index in [1.165, 1.54) is 12.8 Å². The van der Waals surface area contributed by atoms with E-state index in [9.17, 15) is 0 Å². The van der Waals surface area contributed by atoms with Crippen molar-refractivity contribution in [3.8, 4) is 0 Å². The molecule has 1 unspecified atom stereocenters. The van der Waals surface area contributed by atoms with Crippen LogP contribution in [0.15, 0.2) is 0 Å². The molecule has 1 atom stereocenters. The molecule has 0 aliphatic heterocycles. The van der Waals surface area contributed by atoms with Crippen molar-refractivity contribution >= 4 is 23.2 Å². The zero-order chi connectivity index (χ0) is 8.20. The van der Waals surface area contributed by atoms with E-state index >= 15 is 0 Å². The Kier molecular flexibility index (Phi) is 4.71. The van der Waals surface area contributed by atoms with Crippen LogP contribution < -0.4 is 0 Å². The van der Waals surface area contributed by atoms with E-state index in [1.807, 2.05) is 13.8 Å². The number of halogens is 2. The topological polar surface area (TPSA) is 0 Å². The number of hydrogen-bond donors (Lipinski definition) is 0. The minimum atomic E-state index is -0.253. The molecular formula is C8H16Cl2.